The Morgan fingerprint density at radius 1 is 0.906 bits per heavy atom. The standard InChI is InChI=1S/C24H15N3O5/c25-13-15-8-10-17(11-9-15)26-21(28)14-32-24(31)16-4-3-5-18(12-16)27-22(29)19-6-1-2-7-20(19)23(27)30/h1-12H,14H2,(H,26,28). The first-order valence-corrected chi connectivity index (χ1v) is 9.53. The van der Waals surface area contributed by atoms with Crippen molar-refractivity contribution >= 4 is 35.1 Å². The molecule has 0 bridgehead atoms. The van der Waals surface area contributed by atoms with E-state index in [1.807, 2.05) is 6.07 Å². The Kier molecular flexibility index (Phi) is 5.47. The number of nitriles is 1. The summed E-state index contributed by atoms with van der Waals surface area (Å²) in [6.07, 6.45) is 0. The molecule has 1 aliphatic heterocycles. The number of anilines is 2. The lowest BCUT2D eigenvalue weighted by Gasteiger charge is -2.14. The number of nitrogens with zero attached hydrogens (tertiary/aromatic N) is 2. The second-order valence-electron chi connectivity index (χ2n) is 6.86. The predicted octanol–water partition coefficient (Wildman–Crippen LogP) is 3.15. The van der Waals surface area contributed by atoms with Crippen LogP contribution in [-0.4, -0.2) is 30.3 Å². The van der Waals surface area contributed by atoms with E-state index < -0.39 is 30.3 Å². The van der Waals surface area contributed by atoms with Gasteiger partial charge in [-0.2, -0.15) is 5.26 Å². The van der Waals surface area contributed by atoms with Crippen LogP contribution in [0.25, 0.3) is 0 Å². The van der Waals surface area contributed by atoms with E-state index in [2.05, 4.69) is 5.32 Å². The highest BCUT2D eigenvalue weighted by Crippen LogP contribution is 2.28. The zero-order chi connectivity index (χ0) is 22.7. The lowest BCUT2D eigenvalue weighted by molar-refractivity contribution is -0.119. The summed E-state index contributed by atoms with van der Waals surface area (Å²) in [6.45, 7) is -0.532. The second-order valence-corrected chi connectivity index (χ2v) is 6.86. The van der Waals surface area contributed by atoms with Gasteiger partial charge in [-0.3, -0.25) is 14.4 Å². The first-order chi connectivity index (χ1) is 15.5. The van der Waals surface area contributed by atoms with Gasteiger partial charge >= 0.3 is 5.97 Å². The predicted molar refractivity (Wildman–Crippen MR) is 114 cm³/mol. The number of nitrogens with one attached hydrogen (secondary N) is 1. The Hall–Kier alpha value is -4.77. The van der Waals surface area contributed by atoms with Crippen LogP contribution in [0.2, 0.25) is 0 Å². The fourth-order valence-electron chi connectivity index (χ4n) is 3.24. The molecule has 0 saturated heterocycles. The van der Waals surface area contributed by atoms with Crippen molar-refractivity contribution < 1.29 is 23.9 Å². The van der Waals surface area contributed by atoms with E-state index in [0.29, 0.717) is 22.4 Å². The van der Waals surface area contributed by atoms with Gasteiger partial charge in [-0.25, -0.2) is 9.69 Å². The van der Waals surface area contributed by atoms with Gasteiger partial charge in [0.2, 0.25) is 0 Å². The number of carbonyl (C=O) groups excluding carboxylic acids is 4. The van der Waals surface area contributed by atoms with Crippen LogP contribution in [0, 0.1) is 11.3 Å². The maximum Gasteiger partial charge on any atom is 0.338 e. The van der Waals surface area contributed by atoms with E-state index in [4.69, 9.17) is 10.00 Å². The van der Waals surface area contributed by atoms with Crippen LogP contribution in [0.5, 0.6) is 0 Å². The molecule has 8 nitrogen and oxygen atoms in total. The van der Waals surface area contributed by atoms with Gasteiger partial charge in [-0.1, -0.05) is 18.2 Å². The summed E-state index contributed by atoms with van der Waals surface area (Å²) in [6, 6.07) is 20.6. The Balaban J connectivity index is 1.42. The van der Waals surface area contributed by atoms with Gasteiger partial charge in [0, 0.05) is 5.69 Å². The van der Waals surface area contributed by atoms with Crippen LogP contribution in [-0.2, 0) is 9.53 Å². The molecule has 3 aromatic carbocycles. The fraction of sp³-hybridized carbons (Fsp3) is 0.0417. The quantitative estimate of drug-likeness (QED) is 0.496. The molecule has 1 N–H and O–H groups in total. The maximum absolute atomic E-state index is 12.6. The van der Waals surface area contributed by atoms with Crippen LogP contribution in [0.1, 0.15) is 36.6 Å². The number of hydrogen-bond acceptors (Lipinski definition) is 6. The Labute approximate surface area is 182 Å². The third kappa shape index (κ3) is 3.95. The molecule has 0 spiro atoms. The summed E-state index contributed by atoms with van der Waals surface area (Å²) in [7, 11) is 0. The smallest absolute Gasteiger partial charge is 0.338 e. The minimum Gasteiger partial charge on any atom is -0.452 e. The normalized spacial score (nSPS) is 12.2. The number of carbonyl (C=O) groups is 4. The lowest BCUT2D eigenvalue weighted by Crippen LogP contribution is -2.29. The number of rotatable bonds is 5. The molecule has 8 heteroatoms. The van der Waals surface area contributed by atoms with E-state index in [-0.39, 0.29) is 11.3 Å². The minimum absolute atomic E-state index is 0.0882. The molecule has 0 aliphatic carbocycles. The molecule has 4 rings (SSSR count). The number of ether oxygens (including phenoxy) is 1. The van der Waals surface area contributed by atoms with Gasteiger partial charge in [-0.15, -0.1) is 0 Å². The fourth-order valence-corrected chi connectivity index (χ4v) is 3.24. The Bertz CT molecular complexity index is 1260. The Morgan fingerprint density at radius 2 is 1.56 bits per heavy atom. The van der Waals surface area contributed by atoms with Crippen LogP contribution in [0.4, 0.5) is 11.4 Å². The Morgan fingerprint density at radius 3 is 2.19 bits per heavy atom. The average molecular weight is 425 g/mol. The van der Waals surface area contributed by atoms with Crippen molar-refractivity contribution in [3.05, 3.63) is 95.1 Å². The number of benzene rings is 3. The zero-order valence-corrected chi connectivity index (χ0v) is 16.6. The van der Waals surface area contributed by atoms with Crippen molar-refractivity contribution in [2.75, 3.05) is 16.8 Å². The van der Waals surface area contributed by atoms with Gasteiger partial charge in [0.1, 0.15) is 0 Å². The van der Waals surface area contributed by atoms with Crippen LogP contribution in [0.3, 0.4) is 0 Å². The lowest BCUT2D eigenvalue weighted by atomic mass is 10.1. The molecule has 3 amide bonds. The third-order valence-electron chi connectivity index (χ3n) is 4.77. The number of amides is 3. The van der Waals surface area contributed by atoms with E-state index in [1.165, 1.54) is 24.3 Å². The summed E-state index contributed by atoms with van der Waals surface area (Å²) in [5, 5.41) is 11.3. The molecule has 0 radical (unpaired) electrons. The largest absolute Gasteiger partial charge is 0.452 e. The van der Waals surface area contributed by atoms with Crippen LogP contribution < -0.4 is 10.2 Å². The number of imide groups is 1. The van der Waals surface area contributed by atoms with Crippen molar-refractivity contribution in [3.8, 4) is 6.07 Å². The maximum atomic E-state index is 12.6. The van der Waals surface area contributed by atoms with Crippen LogP contribution in [0.15, 0.2) is 72.8 Å². The summed E-state index contributed by atoms with van der Waals surface area (Å²) in [5.41, 5.74) is 1.82. The monoisotopic (exact) mass is 425 g/mol. The van der Waals surface area contributed by atoms with Crippen molar-refractivity contribution in [1.29, 1.82) is 5.26 Å². The number of esters is 1. The van der Waals surface area contributed by atoms with Gasteiger partial charge in [0.05, 0.1) is 34.0 Å². The SMILES string of the molecule is N#Cc1ccc(NC(=O)COC(=O)c2cccc(N3C(=O)c4ccccc4C3=O)c2)cc1. The van der Waals surface area contributed by atoms with Crippen molar-refractivity contribution in [2.45, 2.75) is 0 Å². The first kappa shape index (κ1) is 20.5. The minimum atomic E-state index is -0.779. The molecule has 0 unspecified atom stereocenters. The summed E-state index contributed by atoms with van der Waals surface area (Å²) < 4.78 is 5.05. The molecule has 0 atom stereocenters. The van der Waals surface area contributed by atoms with Crippen molar-refractivity contribution in [3.63, 3.8) is 0 Å². The third-order valence-corrected chi connectivity index (χ3v) is 4.77. The van der Waals surface area contributed by atoms with E-state index in [0.717, 1.165) is 4.90 Å². The van der Waals surface area contributed by atoms with Gasteiger partial charge in [0.25, 0.3) is 17.7 Å². The molecule has 156 valence electrons. The summed E-state index contributed by atoms with van der Waals surface area (Å²) >= 11 is 0. The number of hydrogen-bond donors (Lipinski definition) is 1. The molecular formula is C24H15N3O5. The topological polar surface area (TPSA) is 117 Å². The summed E-state index contributed by atoms with van der Waals surface area (Å²) in [4.78, 5) is 50.7. The summed E-state index contributed by atoms with van der Waals surface area (Å²) in [5.74, 6) is -2.28. The second kappa shape index (κ2) is 8.53. The van der Waals surface area contributed by atoms with E-state index in [9.17, 15) is 19.2 Å². The first-order valence-electron chi connectivity index (χ1n) is 9.53. The van der Waals surface area contributed by atoms with E-state index >= 15 is 0 Å². The molecule has 32 heavy (non-hydrogen) atoms. The van der Waals surface area contributed by atoms with E-state index in [1.54, 1.807) is 48.5 Å². The molecular weight excluding hydrogens is 410 g/mol. The van der Waals surface area contributed by atoms with Gasteiger partial charge in [0.15, 0.2) is 6.61 Å². The molecule has 0 aromatic heterocycles. The average Bonchev–Trinajstić information content (AvgIpc) is 3.08. The molecule has 1 aliphatic rings. The highest BCUT2D eigenvalue weighted by Gasteiger charge is 2.36. The van der Waals surface area contributed by atoms with Crippen LogP contribution >= 0.6 is 0 Å². The molecule has 3 aromatic rings. The molecule has 0 fully saturated rings. The van der Waals surface area contributed by atoms with Gasteiger partial charge in [-0.05, 0) is 54.6 Å². The van der Waals surface area contributed by atoms with Crippen molar-refractivity contribution in [2.24, 2.45) is 0 Å². The van der Waals surface area contributed by atoms with Crippen molar-refractivity contribution in [1.82, 2.24) is 0 Å². The molecule has 0 saturated carbocycles. The highest BCUT2D eigenvalue weighted by atomic mass is 16.5. The zero-order valence-electron chi connectivity index (χ0n) is 16.6. The molecule has 1 heterocycles. The van der Waals surface area contributed by atoms with Gasteiger partial charge < -0.3 is 10.1 Å². The number of fused-ring (bicyclic) bond motifs is 1. The highest BCUT2D eigenvalue weighted by molar-refractivity contribution is 6.34.